The van der Waals surface area contributed by atoms with E-state index in [1.54, 1.807) is 29.2 Å². The Balaban J connectivity index is 1.92. The highest BCUT2D eigenvalue weighted by atomic mass is 35.5. The van der Waals surface area contributed by atoms with Gasteiger partial charge in [-0.25, -0.2) is 0 Å². The van der Waals surface area contributed by atoms with Crippen LogP contribution in [0.2, 0.25) is 10.0 Å². The van der Waals surface area contributed by atoms with Crippen LogP contribution in [0.4, 0.5) is 11.4 Å². The molecular formula is C18H16Cl2N2O3. The molecule has 1 aliphatic heterocycles. The van der Waals surface area contributed by atoms with Gasteiger partial charge in [0.1, 0.15) is 5.56 Å². The average Bonchev–Trinajstić information content (AvgIpc) is 2.99. The highest BCUT2D eigenvalue weighted by molar-refractivity contribution is 6.37. The van der Waals surface area contributed by atoms with Crippen LogP contribution in [0.15, 0.2) is 30.3 Å². The molecule has 0 bridgehead atoms. The van der Waals surface area contributed by atoms with Crippen LogP contribution in [-0.2, 0) is 11.2 Å². The van der Waals surface area contributed by atoms with Gasteiger partial charge in [-0.2, -0.15) is 0 Å². The lowest BCUT2D eigenvalue weighted by molar-refractivity contribution is -0.116. The Morgan fingerprint density at radius 3 is 2.56 bits per heavy atom. The summed E-state index contributed by atoms with van der Waals surface area (Å²) in [7, 11) is 1.43. The number of carbonyl (C=O) groups excluding carboxylic acids is 2. The van der Waals surface area contributed by atoms with E-state index in [1.807, 2.05) is 6.07 Å². The van der Waals surface area contributed by atoms with Crippen LogP contribution in [0.1, 0.15) is 22.8 Å². The molecule has 2 aromatic rings. The van der Waals surface area contributed by atoms with Crippen molar-refractivity contribution in [3.05, 3.63) is 51.5 Å². The number of hydrogen-bond donors (Lipinski definition) is 1. The molecule has 1 aliphatic rings. The van der Waals surface area contributed by atoms with Crippen molar-refractivity contribution in [2.24, 2.45) is 0 Å². The van der Waals surface area contributed by atoms with Crippen LogP contribution in [0.3, 0.4) is 0 Å². The number of benzene rings is 2. The Morgan fingerprint density at radius 2 is 1.88 bits per heavy atom. The molecule has 0 radical (unpaired) electrons. The van der Waals surface area contributed by atoms with Crippen molar-refractivity contribution in [2.45, 2.75) is 13.3 Å². The zero-order valence-corrected chi connectivity index (χ0v) is 15.2. The molecule has 7 heteroatoms. The third-order valence-corrected chi connectivity index (χ3v) is 4.72. The number of nitrogens with one attached hydrogen (secondary N) is 1. The van der Waals surface area contributed by atoms with Gasteiger partial charge in [-0.15, -0.1) is 0 Å². The highest BCUT2D eigenvalue weighted by Gasteiger charge is 2.24. The summed E-state index contributed by atoms with van der Waals surface area (Å²) in [5.74, 6) is -0.239. The molecule has 0 saturated carbocycles. The zero-order chi connectivity index (χ0) is 18.1. The van der Waals surface area contributed by atoms with Crippen molar-refractivity contribution in [3.8, 4) is 5.75 Å². The first-order valence-corrected chi connectivity index (χ1v) is 8.42. The normalized spacial score (nSPS) is 12.7. The topological polar surface area (TPSA) is 58.6 Å². The number of rotatable bonds is 3. The SMILES string of the molecule is COc1c(Cl)ccc(Cl)c1C(=O)Nc1ccc2c(c1)N(C(C)=O)CC2. The van der Waals surface area contributed by atoms with Crippen molar-refractivity contribution in [3.63, 3.8) is 0 Å². The fourth-order valence-electron chi connectivity index (χ4n) is 2.92. The van der Waals surface area contributed by atoms with Crippen molar-refractivity contribution < 1.29 is 14.3 Å². The van der Waals surface area contributed by atoms with Gasteiger partial charge in [0.2, 0.25) is 5.91 Å². The summed E-state index contributed by atoms with van der Waals surface area (Å²) in [6.45, 7) is 2.17. The van der Waals surface area contributed by atoms with E-state index in [0.29, 0.717) is 17.3 Å². The van der Waals surface area contributed by atoms with E-state index >= 15 is 0 Å². The van der Waals surface area contributed by atoms with Crippen LogP contribution < -0.4 is 15.0 Å². The van der Waals surface area contributed by atoms with E-state index in [9.17, 15) is 9.59 Å². The number of fused-ring (bicyclic) bond motifs is 1. The van der Waals surface area contributed by atoms with E-state index in [1.165, 1.54) is 14.0 Å². The van der Waals surface area contributed by atoms with Crippen LogP contribution in [0.5, 0.6) is 5.75 Å². The molecule has 5 nitrogen and oxygen atoms in total. The van der Waals surface area contributed by atoms with Gasteiger partial charge in [-0.3, -0.25) is 9.59 Å². The Bertz CT molecular complexity index is 868. The Morgan fingerprint density at radius 1 is 1.16 bits per heavy atom. The number of nitrogens with zero attached hydrogens (tertiary/aromatic N) is 1. The molecule has 0 spiro atoms. The number of methoxy groups -OCH3 is 1. The maximum absolute atomic E-state index is 12.7. The van der Waals surface area contributed by atoms with E-state index in [0.717, 1.165) is 17.7 Å². The second-order valence-corrected chi connectivity index (χ2v) is 6.47. The van der Waals surface area contributed by atoms with Gasteiger partial charge < -0.3 is 15.0 Å². The standard InChI is InChI=1S/C18H16Cl2N2O3/c1-10(23)22-8-7-11-3-4-12(9-15(11)22)21-18(24)16-13(19)5-6-14(20)17(16)25-2/h3-6,9H,7-8H2,1-2H3,(H,21,24). The summed E-state index contributed by atoms with van der Waals surface area (Å²) in [6, 6.07) is 8.60. The molecule has 0 aromatic heterocycles. The van der Waals surface area contributed by atoms with Crippen LogP contribution >= 0.6 is 23.2 Å². The number of anilines is 2. The summed E-state index contributed by atoms with van der Waals surface area (Å²) in [4.78, 5) is 26.1. The summed E-state index contributed by atoms with van der Waals surface area (Å²) < 4.78 is 5.21. The monoisotopic (exact) mass is 378 g/mol. The van der Waals surface area contributed by atoms with E-state index < -0.39 is 5.91 Å². The minimum absolute atomic E-state index is 0.0261. The quantitative estimate of drug-likeness (QED) is 0.871. The highest BCUT2D eigenvalue weighted by Crippen LogP contribution is 2.35. The van der Waals surface area contributed by atoms with Gasteiger partial charge in [0.25, 0.3) is 5.91 Å². The lowest BCUT2D eigenvalue weighted by Crippen LogP contribution is -2.25. The maximum atomic E-state index is 12.7. The summed E-state index contributed by atoms with van der Waals surface area (Å²) in [5, 5.41) is 3.33. The summed E-state index contributed by atoms with van der Waals surface area (Å²) in [5.41, 5.74) is 2.62. The fraction of sp³-hybridized carbons (Fsp3) is 0.222. The number of carbonyl (C=O) groups is 2. The van der Waals surface area contributed by atoms with Gasteiger partial charge in [0.05, 0.1) is 17.2 Å². The molecule has 2 aromatic carbocycles. The van der Waals surface area contributed by atoms with E-state index in [-0.39, 0.29) is 22.2 Å². The minimum atomic E-state index is -0.434. The van der Waals surface area contributed by atoms with E-state index in [4.69, 9.17) is 27.9 Å². The molecule has 25 heavy (non-hydrogen) atoms. The molecule has 0 saturated heterocycles. The first kappa shape index (κ1) is 17.6. The van der Waals surface area contributed by atoms with Gasteiger partial charge in [-0.05, 0) is 36.2 Å². The number of hydrogen-bond acceptors (Lipinski definition) is 3. The largest absolute Gasteiger partial charge is 0.494 e. The molecule has 0 fully saturated rings. The molecule has 0 unspecified atom stereocenters. The van der Waals surface area contributed by atoms with E-state index in [2.05, 4.69) is 5.32 Å². The lowest BCUT2D eigenvalue weighted by atomic mass is 10.1. The first-order valence-electron chi connectivity index (χ1n) is 7.66. The Kier molecular flexibility index (Phi) is 4.88. The van der Waals surface area contributed by atoms with Crippen LogP contribution in [-0.4, -0.2) is 25.5 Å². The van der Waals surface area contributed by atoms with Gasteiger partial charge in [0.15, 0.2) is 5.75 Å². The molecule has 0 atom stereocenters. The zero-order valence-electron chi connectivity index (χ0n) is 13.7. The molecule has 1 N–H and O–H groups in total. The van der Waals surface area contributed by atoms with Crippen molar-refractivity contribution >= 4 is 46.4 Å². The maximum Gasteiger partial charge on any atom is 0.261 e. The molecule has 130 valence electrons. The third kappa shape index (κ3) is 3.30. The number of amides is 2. The Hall–Kier alpha value is -2.24. The first-order chi connectivity index (χ1) is 11.9. The van der Waals surface area contributed by atoms with Crippen molar-refractivity contribution in [1.29, 1.82) is 0 Å². The lowest BCUT2D eigenvalue weighted by Gasteiger charge is -2.16. The number of ether oxygens (including phenoxy) is 1. The van der Waals surface area contributed by atoms with Gasteiger partial charge >= 0.3 is 0 Å². The molecule has 0 aliphatic carbocycles. The Labute approximate surface area is 155 Å². The smallest absolute Gasteiger partial charge is 0.261 e. The van der Waals surface area contributed by atoms with Gasteiger partial charge in [0, 0.05) is 24.8 Å². The predicted octanol–water partition coefficient (Wildman–Crippen LogP) is 4.16. The van der Waals surface area contributed by atoms with Crippen molar-refractivity contribution in [1.82, 2.24) is 0 Å². The van der Waals surface area contributed by atoms with Crippen molar-refractivity contribution in [2.75, 3.05) is 23.9 Å². The molecule has 2 amide bonds. The fourth-order valence-corrected chi connectivity index (χ4v) is 3.39. The molecule has 1 heterocycles. The minimum Gasteiger partial charge on any atom is -0.494 e. The summed E-state index contributed by atoms with van der Waals surface area (Å²) >= 11 is 12.2. The second-order valence-electron chi connectivity index (χ2n) is 5.66. The average molecular weight is 379 g/mol. The second kappa shape index (κ2) is 6.94. The molecular weight excluding hydrogens is 363 g/mol. The van der Waals surface area contributed by atoms with Crippen LogP contribution in [0.25, 0.3) is 0 Å². The summed E-state index contributed by atoms with van der Waals surface area (Å²) in [6.07, 6.45) is 0.803. The number of halogens is 2. The van der Waals surface area contributed by atoms with Crippen LogP contribution in [0, 0.1) is 0 Å². The third-order valence-electron chi connectivity index (χ3n) is 4.11. The predicted molar refractivity (Wildman–Crippen MR) is 99.1 cm³/mol. The molecule has 3 rings (SSSR count). The van der Waals surface area contributed by atoms with Gasteiger partial charge in [-0.1, -0.05) is 29.3 Å².